The van der Waals surface area contributed by atoms with Gasteiger partial charge in [-0.15, -0.1) is 0 Å². The molecule has 0 aliphatic carbocycles. The van der Waals surface area contributed by atoms with Crippen molar-refractivity contribution >= 4 is 20.9 Å². The molecule has 0 unspecified atom stereocenters. The van der Waals surface area contributed by atoms with E-state index < -0.39 is 27.7 Å². The van der Waals surface area contributed by atoms with E-state index in [2.05, 4.69) is 4.98 Å². The molecule has 0 saturated carbocycles. The Labute approximate surface area is 184 Å². The summed E-state index contributed by atoms with van der Waals surface area (Å²) < 4.78 is 62.8. The Morgan fingerprint density at radius 3 is 2.53 bits per heavy atom. The summed E-state index contributed by atoms with van der Waals surface area (Å²) in [6, 6.07) is 15.7. The second-order valence-electron chi connectivity index (χ2n) is 7.67. The van der Waals surface area contributed by atoms with Crippen molar-refractivity contribution in [2.45, 2.75) is 17.4 Å². The number of aromatic nitrogens is 1. The minimum atomic E-state index is -4.03. The van der Waals surface area contributed by atoms with Crippen molar-refractivity contribution in [1.82, 2.24) is 9.29 Å². The Kier molecular flexibility index (Phi) is 4.98. The van der Waals surface area contributed by atoms with Gasteiger partial charge >= 0.3 is 0 Å². The molecule has 1 aromatic heterocycles. The second kappa shape index (κ2) is 7.72. The van der Waals surface area contributed by atoms with Crippen LogP contribution in [0.2, 0.25) is 0 Å². The van der Waals surface area contributed by atoms with Crippen molar-refractivity contribution in [3.8, 4) is 5.75 Å². The molecule has 1 atom stereocenters. The quantitative estimate of drug-likeness (QED) is 0.482. The van der Waals surface area contributed by atoms with E-state index in [4.69, 9.17) is 4.74 Å². The molecular formula is C24H20F2N2O3S. The summed E-state index contributed by atoms with van der Waals surface area (Å²) in [6.07, 6.45) is 0.447. The van der Waals surface area contributed by atoms with Crippen LogP contribution in [0.4, 0.5) is 8.78 Å². The molecular weight excluding hydrogens is 434 g/mol. The van der Waals surface area contributed by atoms with Crippen LogP contribution in [0.15, 0.2) is 71.6 Å². The minimum absolute atomic E-state index is 0.0328. The Balaban J connectivity index is 1.72. The molecule has 3 aromatic carbocycles. The van der Waals surface area contributed by atoms with Gasteiger partial charge in [-0.2, -0.15) is 4.31 Å². The predicted molar refractivity (Wildman–Crippen MR) is 117 cm³/mol. The topological polar surface area (TPSA) is 62.4 Å². The molecule has 0 bridgehead atoms. The molecule has 0 radical (unpaired) electrons. The smallest absolute Gasteiger partial charge is 0.244 e. The molecule has 0 amide bonds. The summed E-state index contributed by atoms with van der Waals surface area (Å²) in [5, 5.41) is 0.950. The first kappa shape index (κ1) is 20.7. The van der Waals surface area contributed by atoms with Crippen molar-refractivity contribution in [3.63, 3.8) is 0 Å². The number of nitrogens with one attached hydrogen (secondary N) is 1. The second-order valence-corrected chi connectivity index (χ2v) is 9.56. The van der Waals surface area contributed by atoms with Gasteiger partial charge in [-0.1, -0.05) is 18.2 Å². The fourth-order valence-corrected chi connectivity index (χ4v) is 5.97. The lowest BCUT2D eigenvalue weighted by Gasteiger charge is -2.35. The van der Waals surface area contributed by atoms with E-state index in [9.17, 15) is 17.2 Å². The highest BCUT2D eigenvalue weighted by Crippen LogP contribution is 2.42. The van der Waals surface area contributed by atoms with Crippen LogP contribution >= 0.6 is 0 Å². The molecule has 8 heteroatoms. The number of halogens is 2. The maximum absolute atomic E-state index is 14.9. The van der Waals surface area contributed by atoms with Crippen molar-refractivity contribution in [1.29, 1.82) is 0 Å². The summed E-state index contributed by atoms with van der Waals surface area (Å²) in [5.41, 5.74) is 2.26. The Morgan fingerprint density at radius 2 is 1.78 bits per heavy atom. The number of hydrogen-bond donors (Lipinski definition) is 1. The molecule has 0 fully saturated rings. The molecule has 0 saturated heterocycles. The highest BCUT2D eigenvalue weighted by Gasteiger charge is 2.40. The lowest BCUT2D eigenvalue weighted by molar-refractivity contribution is 0.332. The number of nitrogens with zero attached hydrogens (tertiary/aromatic N) is 1. The van der Waals surface area contributed by atoms with E-state index in [1.807, 2.05) is 24.3 Å². The van der Waals surface area contributed by atoms with E-state index in [1.54, 1.807) is 12.1 Å². The number of aromatic amines is 1. The van der Waals surface area contributed by atoms with Crippen LogP contribution in [0.5, 0.6) is 5.75 Å². The molecule has 4 aromatic rings. The van der Waals surface area contributed by atoms with Gasteiger partial charge in [0.2, 0.25) is 10.0 Å². The number of sulfonamides is 1. The first-order valence-corrected chi connectivity index (χ1v) is 11.5. The van der Waals surface area contributed by atoms with Gasteiger partial charge < -0.3 is 9.72 Å². The average molecular weight is 454 g/mol. The van der Waals surface area contributed by atoms with Crippen molar-refractivity contribution in [2.24, 2.45) is 0 Å². The van der Waals surface area contributed by atoms with E-state index in [0.29, 0.717) is 17.9 Å². The lowest BCUT2D eigenvalue weighted by atomic mass is 9.94. The third-order valence-electron chi connectivity index (χ3n) is 5.91. The van der Waals surface area contributed by atoms with Gasteiger partial charge in [0.15, 0.2) is 0 Å². The van der Waals surface area contributed by atoms with E-state index in [0.717, 1.165) is 34.7 Å². The predicted octanol–water partition coefficient (Wildman–Crippen LogP) is 4.79. The number of H-pyrrole nitrogens is 1. The van der Waals surface area contributed by atoms with Crippen molar-refractivity contribution < 1.29 is 21.9 Å². The van der Waals surface area contributed by atoms with Crippen molar-refractivity contribution in [2.75, 3.05) is 13.7 Å². The molecule has 1 aliphatic heterocycles. The van der Waals surface area contributed by atoms with Crippen LogP contribution in [-0.2, 0) is 16.4 Å². The summed E-state index contributed by atoms with van der Waals surface area (Å²) >= 11 is 0. The van der Waals surface area contributed by atoms with Gasteiger partial charge in [-0.05, 0) is 60.5 Å². The normalized spacial score (nSPS) is 16.8. The maximum atomic E-state index is 14.9. The van der Waals surface area contributed by atoms with Crippen LogP contribution in [0, 0.1) is 11.6 Å². The Morgan fingerprint density at radius 1 is 1.03 bits per heavy atom. The van der Waals surface area contributed by atoms with Gasteiger partial charge in [-0.3, -0.25) is 0 Å². The first-order chi connectivity index (χ1) is 15.4. The summed E-state index contributed by atoms with van der Waals surface area (Å²) in [6.45, 7) is 0.129. The number of benzene rings is 3. The van der Waals surface area contributed by atoms with Crippen LogP contribution in [-0.4, -0.2) is 31.4 Å². The number of fused-ring (bicyclic) bond motifs is 3. The molecule has 164 valence electrons. The van der Waals surface area contributed by atoms with E-state index in [-0.39, 0.29) is 17.0 Å². The number of para-hydroxylation sites is 1. The zero-order chi connectivity index (χ0) is 22.5. The fraction of sp³-hybridized carbons (Fsp3) is 0.167. The lowest BCUT2D eigenvalue weighted by Crippen LogP contribution is -2.41. The highest BCUT2D eigenvalue weighted by atomic mass is 32.2. The molecule has 32 heavy (non-hydrogen) atoms. The number of ether oxygens (including phenoxy) is 1. The van der Waals surface area contributed by atoms with Crippen LogP contribution in [0.3, 0.4) is 0 Å². The van der Waals surface area contributed by atoms with Crippen molar-refractivity contribution in [3.05, 3.63) is 95.2 Å². The highest BCUT2D eigenvalue weighted by molar-refractivity contribution is 7.89. The SMILES string of the molecule is COc1ccc(S(=O)(=O)N2CCc3c([nH]c4ccccc34)[C@@H]2c2cc(F)ccc2F)cc1. The maximum Gasteiger partial charge on any atom is 0.244 e. The molecule has 2 heterocycles. The number of methoxy groups -OCH3 is 1. The number of rotatable bonds is 4. The first-order valence-electron chi connectivity index (χ1n) is 10.1. The average Bonchev–Trinajstić information content (AvgIpc) is 3.19. The van der Waals surface area contributed by atoms with E-state index in [1.165, 1.54) is 23.5 Å². The third-order valence-corrected chi connectivity index (χ3v) is 7.79. The zero-order valence-electron chi connectivity index (χ0n) is 17.2. The van der Waals surface area contributed by atoms with E-state index >= 15 is 0 Å². The summed E-state index contributed by atoms with van der Waals surface area (Å²) in [4.78, 5) is 3.32. The molecule has 1 aliphatic rings. The molecule has 5 rings (SSSR count). The summed E-state index contributed by atoms with van der Waals surface area (Å²) in [7, 11) is -2.53. The Bertz CT molecular complexity index is 1420. The minimum Gasteiger partial charge on any atom is -0.497 e. The monoisotopic (exact) mass is 454 g/mol. The third kappa shape index (κ3) is 3.27. The van der Waals surface area contributed by atoms with Crippen LogP contribution in [0.1, 0.15) is 22.9 Å². The van der Waals surface area contributed by atoms with Gasteiger partial charge in [0.25, 0.3) is 0 Å². The molecule has 1 N–H and O–H groups in total. The summed E-state index contributed by atoms with van der Waals surface area (Å²) in [5.74, 6) is -0.780. The van der Waals surface area contributed by atoms with Gasteiger partial charge in [-0.25, -0.2) is 17.2 Å². The largest absolute Gasteiger partial charge is 0.497 e. The fourth-order valence-electron chi connectivity index (χ4n) is 4.40. The number of hydrogen-bond acceptors (Lipinski definition) is 3. The standard InChI is InChI=1S/C24H20F2N2O3S/c1-31-16-7-9-17(10-8-16)32(29,30)28-13-12-19-18-4-2-3-5-22(18)27-23(19)24(28)20-14-15(25)6-11-21(20)26/h2-11,14,24,27H,12-13H2,1H3/t24-/m0/s1. The van der Waals surface area contributed by atoms with Crippen LogP contribution in [0.25, 0.3) is 10.9 Å². The molecule has 5 nitrogen and oxygen atoms in total. The zero-order valence-corrected chi connectivity index (χ0v) is 18.0. The van der Waals surface area contributed by atoms with Gasteiger partial charge in [0.05, 0.1) is 18.0 Å². The van der Waals surface area contributed by atoms with Crippen LogP contribution < -0.4 is 4.74 Å². The Hall–Kier alpha value is -3.23. The van der Waals surface area contributed by atoms with Gasteiger partial charge in [0.1, 0.15) is 17.4 Å². The molecule has 0 spiro atoms. The van der Waals surface area contributed by atoms with Gasteiger partial charge in [0, 0.05) is 28.7 Å².